The highest BCUT2D eigenvalue weighted by Gasteiger charge is 2.03. The summed E-state index contributed by atoms with van der Waals surface area (Å²) in [4.78, 5) is 22.3. The van der Waals surface area contributed by atoms with Gasteiger partial charge in [-0.15, -0.1) is 0 Å². The number of ether oxygens (including phenoxy) is 2. The van der Waals surface area contributed by atoms with Crippen LogP contribution in [0.1, 0.15) is 31.2 Å². The number of nitrogens with one attached hydrogen (secondary N) is 1. The van der Waals surface area contributed by atoms with E-state index in [0.29, 0.717) is 19.6 Å². The van der Waals surface area contributed by atoms with Crippen molar-refractivity contribution in [2.45, 2.75) is 32.6 Å². The topological polar surface area (TPSA) is 64.6 Å². The number of rotatable bonds is 9. The lowest BCUT2D eigenvalue weighted by Gasteiger charge is -2.07. The van der Waals surface area contributed by atoms with Crippen LogP contribution in [0, 0.1) is 6.92 Å². The van der Waals surface area contributed by atoms with Crippen LogP contribution < -0.4 is 10.1 Å². The van der Waals surface area contributed by atoms with E-state index in [2.05, 4.69) is 10.1 Å². The number of carbonyl (C=O) groups is 2. The molecule has 0 spiro atoms. The summed E-state index contributed by atoms with van der Waals surface area (Å²) in [5.41, 5.74) is 1.16. The first-order chi connectivity index (χ1) is 10.1. The summed E-state index contributed by atoms with van der Waals surface area (Å²) in [7, 11) is 1.33. The molecule has 0 saturated carbocycles. The van der Waals surface area contributed by atoms with E-state index < -0.39 is 0 Å². The van der Waals surface area contributed by atoms with Crippen molar-refractivity contribution < 1.29 is 19.1 Å². The minimum Gasteiger partial charge on any atom is -0.494 e. The van der Waals surface area contributed by atoms with E-state index in [1.807, 2.05) is 31.2 Å². The SMILES string of the molecule is COC(=O)CCNC(=O)CCCCOc1cccc(C)c1. The van der Waals surface area contributed by atoms with Crippen molar-refractivity contribution >= 4 is 11.9 Å². The number of aryl methyl sites for hydroxylation is 1. The van der Waals surface area contributed by atoms with E-state index in [-0.39, 0.29) is 18.3 Å². The fourth-order valence-electron chi connectivity index (χ4n) is 1.78. The van der Waals surface area contributed by atoms with Gasteiger partial charge < -0.3 is 14.8 Å². The Kier molecular flexibility index (Phi) is 7.94. The Balaban J connectivity index is 2.03. The van der Waals surface area contributed by atoms with E-state index in [9.17, 15) is 9.59 Å². The van der Waals surface area contributed by atoms with Crippen LogP contribution in [0.15, 0.2) is 24.3 Å². The molecule has 0 heterocycles. The molecular weight excluding hydrogens is 270 g/mol. The minimum atomic E-state index is -0.318. The summed E-state index contributed by atoms with van der Waals surface area (Å²) in [6, 6.07) is 7.89. The van der Waals surface area contributed by atoms with Gasteiger partial charge in [0, 0.05) is 13.0 Å². The summed E-state index contributed by atoms with van der Waals surface area (Å²) >= 11 is 0. The molecule has 1 aromatic rings. The molecule has 116 valence electrons. The lowest BCUT2D eigenvalue weighted by Crippen LogP contribution is -2.26. The molecule has 0 aromatic heterocycles. The molecule has 0 atom stereocenters. The molecule has 21 heavy (non-hydrogen) atoms. The van der Waals surface area contributed by atoms with Crippen LogP contribution in [-0.4, -0.2) is 32.1 Å². The van der Waals surface area contributed by atoms with E-state index in [1.165, 1.54) is 7.11 Å². The quantitative estimate of drug-likeness (QED) is 0.560. The number of hydrogen-bond donors (Lipinski definition) is 1. The summed E-state index contributed by atoms with van der Waals surface area (Å²) in [6.07, 6.45) is 2.23. The van der Waals surface area contributed by atoms with Crippen molar-refractivity contribution in [1.82, 2.24) is 5.32 Å². The summed E-state index contributed by atoms with van der Waals surface area (Å²) in [5, 5.41) is 2.68. The molecule has 0 fully saturated rings. The van der Waals surface area contributed by atoms with E-state index in [4.69, 9.17) is 4.74 Å². The van der Waals surface area contributed by atoms with Crippen molar-refractivity contribution in [2.24, 2.45) is 0 Å². The maximum atomic E-state index is 11.5. The zero-order chi connectivity index (χ0) is 15.5. The monoisotopic (exact) mass is 293 g/mol. The maximum absolute atomic E-state index is 11.5. The highest BCUT2D eigenvalue weighted by Crippen LogP contribution is 2.12. The molecule has 1 rings (SSSR count). The molecule has 5 heteroatoms. The number of unbranched alkanes of at least 4 members (excludes halogenated alkanes) is 1. The molecule has 0 bridgehead atoms. The molecule has 0 aliphatic heterocycles. The van der Waals surface area contributed by atoms with Gasteiger partial charge >= 0.3 is 5.97 Å². The molecule has 5 nitrogen and oxygen atoms in total. The van der Waals surface area contributed by atoms with Gasteiger partial charge in [0.15, 0.2) is 0 Å². The zero-order valence-corrected chi connectivity index (χ0v) is 12.7. The third-order valence-corrected chi connectivity index (χ3v) is 2.94. The van der Waals surface area contributed by atoms with Crippen LogP contribution >= 0.6 is 0 Å². The molecular formula is C16H23NO4. The Bertz CT molecular complexity index is 459. The number of carbonyl (C=O) groups excluding carboxylic acids is 2. The molecule has 0 saturated heterocycles. The van der Waals surface area contributed by atoms with E-state index >= 15 is 0 Å². The smallest absolute Gasteiger partial charge is 0.307 e. The largest absolute Gasteiger partial charge is 0.494 e. The predicted molar refractivity (Wildman–Crippen MR) is 80.2 cm³/mol. The van der Waals surface area contributed by atoms with Gasteiger partial charge in [-0.2, -0.15) is 0 Å². The van der Waals surface area contributed by atoms with Gasteiger partial charge in [0.25, 0.3) is 0 Å². The van der Waals surface area contributed by atoms with Gasteiger partial charge in [-0.1, -0.05) is 12.1 Å². The first kappa shape index (κ1) is 17.0. The van der Waals surface area contributed by atoms with Gasteiger partial charge in [0.1, 0.15) is 5.75 Å². The van der Waals surface area contributed by atoms with Gasteiger partial charge in [-0.05, 0) is 37.5 Å². The van der Waals surface area contributed by atoms with Crippen molar-refractivity contribution in [2.75, 3.05) is 20.3 Å². The lowest BCUT2D eigenvalue weighted by molar-refractivity contribution is -0.140. The predicted octanol–water partition coefficient (Wildman–Crippen LogP) is 2.22. The normalized spacial score (nSPS) is 10.0. The molecule has 0 unspecified atom stereocenters. The number of benzene rings is 1. The van der Waals surface area contributed by atoms with E-state index in [0.717, 1.165) is 24.2 Å². The Morgan fingerprint density at radius 2 is 2.00 bits per heavy atom. The summed E-state index contributed by atoms with van der Waals surface area (Å²) in [5.74, 6) is 0.494. The fourth-order valence-corrected chi connectivity index (χ4v) is 1.78. The van der Waals surface area contributed by atoms with Crippen LogP contribution in [0.3, 0.4) is 0 Å². The highest BCUT2D eigenvalue weighted by atomic mass is 16.5. The molecule has 1 amide bonds. The van der Waals surface area contributed by atoms with Crippen LogP contribution in [-0.2, 0) is 14.3 Å². The van der Waals surface area contributed by atoms with Gasteiger partial charge in [0.2, 0.25) is 5.91 Å². The first-order valence-corrected chi connectivity index (χ1v) is 7.15. The lowest BCUT2D eigenvalue weighted by atomic mass is 10.2. The van der Waals surface area contributed by atoms with Crippen molar-refractivity contribution in [3.05, 3.63) is 29.8 Å². The number of esters is 1. The van der Waals surface area contributed by atoms with Crippen LogP contribution in [0.5, 0.6) is 5.75 Å². The molecule has 1 N–H and O–H groups in total. The second-order valence-corrected chi connectivity index (χ2v) is 4.80. The highest BCUT2D eigenvalue weighted by molar-refractivity contribution is 5.76. The van der Waals surface area contributed by atoms with Gasteiger partial charge in [-0.25, -0.2) is 0 Å². The second-order valence-electron chi connectivity index (χ2n) is 4.80. The van der Waals surface area contributed by atoms with Crippen molar-refractivity contribution in [3.8, 4) is 5.75 Å². The van der Waals surface area contributed by atoms with Crippen molar-refractivity contribution in [3.63, 3.8) is 0 Å². The van der Waals surface area contributed by atoms with Crippen LogP contribution in [0.2, 0.25) is 0 Å². The number of methoxy groups -OCH3 is 1. The Labute approximate surface area is 125 Å². The first-order valence-electron chi connectivity index (χ1n) is 7.15. The van der Waals surface area contributed by atoms with Crippen LogP contribution in [0.25, 0.3) is 0 Å². The third kappa shape index (κ3) is 7.97. The van der Waals surface area contributed by atoms with Gasteiger partial charge in [0.05, 0.1) is 20.1 Å². The minimum absolute atomic E-state index is 0.0468. The molecule has 0 aliphatic carbocycles. The molecule has 1 aromatic carbocycles. The second kappa shape index (κ2) is 9.80. The maximum Gasteiger partial charge on any atom is 0.307 e. The number of hydrogen-bond acceptors (Lipinski definition) is 4. The van der Waals surface area contributed by atoms with Crippen molar-refractivity contribution in [1.29, 1.82) is 0 Å². The van der Waals surface area contributed by atoms with Crippen LogP contribution in [0.4, 0.5) is 0 Å². The zero-order valence-electron chi connectivity index (χ0n) is 12.7. The number of amides is 1. The Hall–Kier alpha value is -2.04. The average molecular weight is 293 g/mol. The van der Waals surface area contributed by atoms with Gasteiger partial charge in [-0.3, -0.25) is 9.59 Å². The summed E-state index contributed by atoms with van der Waals surface area (Å²) in [6.45, 7) is 2.94. The molecule has 0 radical (unpaired) electrons. The Morgan fingerprint density at radius 1 is 1.19 bits per heavy atom. The summed E-state index contributed by atoms with van der Waals surface area (Å²) < 4.78 is 10.1. The third-order valence-electron chi connectivity index (χ3n) is 2.94. The molecule has 0 aliphatic rings. The Morgan fingerprint density at radius 3 is 2.71 bits per heavy atom. The van der Waals surface area contributed by atoms with E-state index in [1.54, 1.807) is 0 Å². The fraction of sp³-hybridized carbons (Fsp3) is 0.500. The standard InChI is InChI=1S/C16H23NO4/c1-13-6-5-7-14(12-13)21-11-4-3-8-15(18)17-10-9-16(19)20-2/h5-7,12H,3-4,8-11H2,1-2H3,(H,17,18). The average Bonchev–Trinajstić information content (AvgIpc) is 2.46.